The van der Waals surface area contributed by atoms with Crippen LogP contribution in [0.15, 0.2) is 18.2 Å². The van der Waals surface area contributed by atoms with E-state index in [0.29, 0.717) is 11.8 Å². The molecular formula is C22H27NO4. The number of fused-ring (bicyclic) bond motifs is 2. The van der Waals surface area contributed by atoms with Crippen LogP contribution in [-0.4, -0.2) is 44.4 Å². The largest absolute Gasteiger partial charge is 0.504 e. The summed E-state index contributed by atoms with van der Waals surface area (Å²) < 4.78 is 16.9. The molecular weight excluding hydrogens is 342 g/mol. The molecule has 144 valence electrons. The molecule has 5 heteroatoms. The van der Waals surface area contributed by atoms with Gasteiger partial charge in [-0.1, -0.05) is 6.92 Å². The molecule has 27 heavy (non-hydrogen) atoms. The summed E-state index contributed by atoms with van der Waals surface area (Å²) >= 11 is 0. The first-order valence-electron chi connectivity index (χ1n) is 9.54. The molecule has 0 radical (unpaired) electrons. The Morgan fingerprint density at radius 3 is 2.48 bits per heavy atom. The highest BCUT2D eigenvalue weighted by atomic mass is 16.5. The van der Waals surface area contributed by atoms with Crippen LogP contribution < -0.4 is 14.2 Å². The Labute approximate surface area is 160 Å². The third kappa shape index (κ3) is 2.72. The molecule has 2 aliphatic rings. The fourth-order valence-electron chi connectivity index (χ4n) is 4.69. The Morgan fingerprint density at radius 1 is 1.04 bits per heavy atom. The number of phenolic OH excluding ortho intramolecular Hbond substituents is 1. The number of rotatable bonds is 5. The number of ether oxygens (including phenoxy) is 3. The van der Waals surface area contributed by atoms with Gasteiger partial charge in [-0.3, -0.25) is 4.90 Å². The molecule has 5 nitrogen and oxygen atoms in total. The summed E-state index contributed by atoms with van der Waals surface area (Å²) in [5, 5.41) is 10.3. The molecule has 4 rings (SSSR count). The van der Waals surface area contributed by atoms with Crippen molar-refractivity contribution >= 4 is 0 Å². The maximum absolute atomic E-state index is 10.3. The van der Waals surface area contributed by atoms with E-state index < -0.39 is 0 Å². The zero-order valence-corrected chi connectivity index (χ0v) is 16.5. The SMILES string of the molecule is CCCN1CCc2cc(OC)c(OC)c3c2[C@@H]1Cc1cc(O)c(OC)cc1-3. The molecule has 0 saturated heterocycles. The van der Waals surface area contributed by atoms with Gasteiger partial charge in [-0.2, -0.15) is 0 Å². The van der Waals surface area contributed by atoms with Crippen molar-refractivity contribution in [1.29, 1.82) is 0 Å². The lowest BCUT2D eigenvalue weighted by Gasteiger charge is -2.42. The second-order valence-corrected chi connectivity index (χ2v) is 7.25. The van der Waals surface area contributed by atoms with Crippen molar-refractivity contribution in [1.82, 2.24) is 4.90 Å². The van der Waals surface area contributed by atoms with E-state index in [-0.39, 0.29) is 5.75 Å². The van der Waals surface area contributed by atoms with Crippen LogP contribution in [0.5, 0.6) is 23.0 Å². The van der Waals surface area contributed by atoms with Gasteiger partial charge in [-0.05, 0) is 66.3 Å². The van der Waals surface area contributed by atoms with Crippen molar-refractivity contribution in [3.63, 3.8) is 0 Å². The standard InChI is InChI=1S/C22H27NO4/c1-5-7-23-8-6-13-11-19(26-3)22(27-4)21-15-12-18(25-2)17(24)10-14(15)9-16(23)20(13)21/h10-12,16,24H,5-9H2,1-4H3/t16-/m0/s1. The molecule has 0 fully saturated rings. The van der Waals surface area contributed by atoms with Gasteiger partial charge in [-0.15, -0.1) is 0 Å². The monoisotopic (exact) mass is 369 g/mol. The molecule has 1 heterocycles. The van der Waals surface area contributed by atoms with Gasteiger partial charge in [0.15, 0.2) is 23.0 Å². The fourth-order valence-corrected chi connectivity index (χ4v) is 4.69. The quantitative estimate of drug-likeness (QED) is 0.865. The normalized spacial score (nSPS) is 17.9. The summed E-state index contributed by atoms with van der Waals surface area (Å²) in [6.07, 6.45) is 3.00. The van der Waals surface area contributed by atoms with Crippen molar-refractivity contribution in [2.24, 2.45) is 0 Å². The summed E-state index contributed by atoms with van der Waals surface area (Å²) in [5.74, 6) is 2.17. The van der Waals surface area contributed by atoms with E-state index in [1.54, 1.807) is 21.3 Å². The van der Waals surface area contributed by atoms with Crippen molar-refractivity contribution in [2.75, 3.05) is 34.4 Å². The maximum atomic E-state index is 10.3. The van der Waals surface area contributed by atoms with E-state index in [2.05, 4.69) is 17.9 Å². The van der Waals surface area contributed by atoms with Crippen LogP contribution >= 0.6 is 0 Å². The van der Waals surface area contributed by atoms with Gasteiger partial charge in [0.1, 0.15) is 0 Å². The van der Waals surface area contributed by atoms with Gasteiger partial charge in [-0.25, -0.2) is 0 Å². The van der Waals surface area contributed by atoms with E-state index in [1.807, 2.05) is 12.1 Å². The molecule has 0 aromatic heterocycles. The van der Waals surface area contributed by atoms with Crippen LogP contribution in [0.1, 0.15) is 36.1 Å². The van der Waals surface area contributed by atoms with Crippen LogP contribution in [0.25, 0.3) is 11.1 Å². The molecule has 0 unspecified atom stereocenters. The summed E-state index contributed by atoms with van der Waals surface area (Å²) in [4.78, 5) is 2.56. The smallest absolute Gasteiger partial charge is 0.168 e. The highest BCUT2D eigenvalue weighted by molar-refractivity contribution is 5.85. The molecule has 1 aliphatic carbocycles. The maximum Gasteiger partial charge on any atom is 0.168 e. The number of phenols is 1. The number of nitrogens with zero attached hydrogens (tertiary/aromatic N) is 1. The van der Waals surface area contributed by atoms with Crippen LogP contribution in [-0.2, 0) is 12.8 Å². The van der Waals surface area contributed by atoms with E-state index in [9.17, 15) is 5.11 Å². The lowest BCUT2D eigenvalue weighted by Crippen LogP contribution is -2.39. The van der Waals surface area contributed by atoms with E-state index in [4.69, 9.17) is 14.2 Å². The van der Waals surface area contributed by atoms with Gasteiger partial charge < -0.3 is 19.3 Å². The molecule has 1 atom stereocenters. The molecule has 1 aliphatic heterocycles. The molecule has 1 N–H and O–H groups in total. The second-order valence-electron chi connectivity index (χ2n) is 7.25. The van der Waals surface area contributed by atoms with Crippen LogP contribution in [0.4, 0.5) is 0 Å². The van der Waals surface area contributed by atoms with Crippen molar-refractivity contribution in [2.45, 2.75) is 32.2 Å². The molecule has 0 amide bonds. The Morgan fingerprint density at radius 2 is 1.81 bits per heavy atom. The highest BCUT2D eigenvalue weighted by Gasteiger charge is 2.37. The van der Waals surface area contributed by atoms with Crippen LogP contribution in [0.2, 0.25) is 0 Å². The Hall–Kier alpha value is -2.40. The minimum atomic E-state index is 0.180. The lowest BCUT2D eigenvalue weighted by atomic mass is 9.76. The van der Waals surface area contributed by atoms with Gasteiger partial charge in [0.25, 0.3) is 0 Å². The summed E-state index contributed by atoms with van der Waals surface area (Å²) in [6.45, 7) is 4.33. The Balaban J connectivity index is 2.02. The average Bonchev–Trinajstić information content (AvgIpc) is 2.68. The van der Waals surface area contributed by atoms with Crippen molar-refractivity contribution < 1.29 is 19.3 Å². The van der Waals surface area contributed by atoms with Gasteiger partial charge >= 0.3 is 0 Å². The molecule has 0 bridgehead atoms. The predicted octanol–water partition coefficient (Wildman–Crippen LogP) is 3.95. The Bertz CT molecular complexity index is 877. The second kappa shape index (κ2) is 6.97. The van der Waals surface area contributed by atoms with Gasteiger partial charge in [0.2, 0.25) is 0 Å². The third-order valence-corrected chi connectivity index (χ3v) is 5.84. The summed E-state index contributed by atoms with van der Waals surface area (Å²) in [5.41, 5.74) is 5.93. The Kier molecular flexibility index (Phi) is 4.64. The highest BCUT2D eigenvalue weighted by Crippen LogP contribution is 2.54. The number of hydrogen-bond acceptors (Lipinski definition) is 5. The number of methoxy groups -OCH3 is 3. The molecule has 2 aromatic carbocycles. The first kappa shape index (κ1) is 18.0. The van der Waals surface area contributed by atoms with Gasteiger partial charge in [0.05, 0.1) is 21.3 Å². The lowest BCUT2D eigenvalue weighted by molar-refractivity contribution is 0.182. The first-order valence-corrected chi connectivity index (χ1v) is 9.54. The van der Waals surface area contributed by atoms with Crippen LogP contribution in [0, 0.1) is 0 Å². The molecule has 0 spiro atoms. The number of hydrogen-bond donors (Lipinski definition) is 1. The minimum absolute atomic E-state index is 0.180. The number of aromatic hydroxyl groups is 1. The van der Waals surface area contributed by atoms with Crippen molar-refractivity contribution in [3.8, 4) is 34.1 Å². The zero-order chi connectivity index (χ0) is 19.1. The van der Waals surface area contributed by atoms with Crippen molar-refractivity contribution in [3.05, 3.63) is 34.9 Å². The first-order chi connectivity index (χ1) is 13.1. The fraction of sp³-hybridized carbons (Fsp3) is 0.455. The molecule has 0 saturated carbocycles. The summed E-state index contributed by atoms with van der Waals surface area (Å²) in [7, 11) is 4.95. The average molecular weight is 369 g/mol. The van der Waals surface area contributed by atoms with E-state index in [0.717, 1.165) is 60.5 Å². The van der Waals surface area contributed by atoms with E-state index in [1.165, 1.54) is 11.1 Å². The third-order valence-electron chi connectivity index (χ3n) is 5.84. The number of benzene rings is 2. The van der Waals surface area contributed by atoms with Crippen LogP contribution in [0.3, 0.4) is 0 Å². The topological polar surface area (TPSA) is 51.2 Å². The zero-order valence-electron chi connectivity index (χ0n) is 16.5. The minimum Gasteiger partial charge on any atom is -0.504 e. The predicted molar refractivity (Wildman–Crippen MR) is 105 cm³/mol. The van der Waals surface area contributed by atoms with Gasteiger partial charge in [0, 0.05) is 18.2 Å². The van der Waals surface area contributed by atoms with E-state index >= 15 is 0 Å². The molecule has 2 aromatic rings. The summed E-state index contributed by atoms with van der Waals surface area (Å²) in [6, 6.07) is 6.20.